The first-order chi connectivity index (χ1) is 67.4. The molecule has 0 radical (unpaired) electrons. The summed E-state index contributed by atoms with van der Waals surface area (Å²) in [6.07, 6.45) is 0. The summed E-state index contributed by atoms with van der Waals surface area (Å²) in [5.41, 5.74) is 34.0. The van der Waals surface area contributed by atoms with Crippen LogP contribution in [0.15, 0.2) is 488 Å². The van der Waals surface area contributed by atoms with Gasteiger partial charge in [-0.3, -0.25) is 0 Å². The van der Waals surface area contributed by atoms with E-state index < -0.39 is 0 Å². The Morgan fingerprint density at radius 1 is 0.147 bits per heavy atom. The zero-order valence-corrected chi connectivity index (χ0v) is 73.1. The monoisotopic (exact) mass is 1740 g/mol. The van der Waals surface area contributed by atoms with Crippen LogP contribution in [0.2, 0.25) is 0 Å². The maximum atomic E-state index is 6.92. The molecule has 10 heteroatoms. The second-order valence-electron chi connectivity index (χ2n) is 35.2. The molecule has 0 spiro atoms. The van der Waals surface area contributed by atoms with Gasteiger partial charge >= 0.3 is 0 Å². The van der Waals surface area contributed by atoms with Crippen molar-refractivity contribution in [3.05, 3.63) is 461 Å². The van der Waals surface area contributed by atoms with Gasteiger partial charge in [0.2, 0.25) is 0 Å². The number of benzene rings is 21. The van der Waals surface area contributed by atoms with Crippen LogP contribution in [0.4, 0.5) is 34.1 Å². The van der Waals surface area contributed by atoms with Gasteiger partial charge in [0.15, 0.2) is 0 Å². The molecule has 0 aliphatic heterocycles. The van der Waals surface area contributed by atoms with Gasteiger partial charge in [0.25, 0.3) is 0 Å². The SMILES string of the molecule is c1ccc(-c2cccc3c2oc2c(-c4cccc(N(c5ccc(-c6ccc7c(c6)oc6ccccc67)cc5)c5ccc6c(c5)oc5cccc(-n7c8ccccc8c8ccccc87)c56)c4)cccc23)cc1.c1ccc2c(c1)oc1c(-c3ccc(N(c4ccc(-c5cccc6c5oc5ccccc56)cc4)c4ccc5c(c4)oc4cccc(-n6c7ccccc7c7ccccc76)c45)cc3)cccc12. The lowest BCUT2D eigenvalue weighted by Crippen LogP contribution is -2.10. The number of rotatable bonds is 13. The molecule has 0 amide bonds. The highest BCUT2D eigenvalue weighted by Gasteiger charge is 2.27. The predicted molar refractivity (Wildman–Crippen MR) is 562 cm³/mol. The third-order valence-electron chi connectivity index (χ3n) is 27.6. The van der Waals surface area contributed by atoms with Gasteiger partial charge in [0, 0.05) is 144 Å². The molecule has 0 bridgehead atoms. The molecule has 136 heavy (non-hydrogen) atoms. The normalized spacial score (nSPS) is 12.0. The molecule has 636 valence electrons. The standard InChI is InChI=1S/C66H40N2O3.C60H36N2O3/c1-2-14-42(15-3-1)48-21-11-23-54-55-24-12-22-49(66(55)71-65(48)54)44-16-10-17-46(38-44)67(45-33-30-41(31-34-45)43-32-36-53-52-20-6-9-28-60(52)69-62(53)39-43)47-35-37-56-63(40-47)70-61-29-13-27-59(64(56)61)68-57-25-7-4-18-50(57)51-19-5-8-26-58(51)68;1-5-20-51-44(12-1)45-13-2-6-21-52(45)62(51)53-22-11-25-56-58(53)50-35-34-41(36-57(50)63-56)61(39-30-26-37(27-31-39)42-16-9-18-48-46-14-3-7-23-54(46)64-59(42)48)40-32-28-38(29-33-40)43-17-10-19-49-47-15-4-8-24-55(47)65-60(43)49/h1-40H;1-36H. The number of furan rings is 6. The quantitative estimate of drug-likeness (QED) is 0.113. The van der Waals surface area contributed by atoms with Crippen molar-refractivity contribution in [3.8, 4) is 67.0 Å². The third kappa shape index (κ3) is 12.1. The summed E-state index contributed by atoms with van der Waals surface area (Å²) in [6.45, 7) is 0. The first-order valence-corrected chi connectivity index (χ1v) is 46.0. The van der Waals surface area contributed by atoms with Gasteiger partial charge in [0.1, 0.15) is 67.0 Å². The summed E-state index contributed by atoms with van der Waals surface area (Å²) >= 11 is 0. The molecule has 0 saturated carbocycles. The number of para-hydroxylation sites is 11. The van der Waals surface area contributed by atoms with E-state index in [9.17, 15) is 0 Å². The van der Waals surface area contributed by atoms with Crippen LogP contribution in [-0.4, -0.2) is 9.13 Å². The average molecular weight is 1740 g/mol. The van der Waals surface area contributed by atoms with Crippen LogP contribution < -0.4 is 9.80 Å². The lowest BCUT2D eigenvalue weighted by atomic mass is 9.99. The Labute approximate surface area is 777 Å². The fourth-order valence-electron chi connectivity index (χ4n) is 21.4. The molecular weight excluding hydrogens is 1670 g/mol. The first kappa shape index (κ1) is 76.5. The highest BCUT2D eigenvalue weighted by atomic mass is 16.3. The summed E-state index contributed by atoms with van der Waals surface area (Å²) in [5, 5.41) is 18.1. The van der Waals surface area contributed by atoms with Crippen molar-refractivity contribution in [3.63, 3.8) is 0 Å². The molecule has 21 aromatic carbocycles. The van der Waals surface area contributed by atoms with E-state index in [2.05, 4.69) is 438 Å². The Hall–Kier alpha value is -18.4. The van der Waals surface area contributed by atoms with Crippen molar-refractivity contribution in [2.24, 2.45) is 0 Å². The molecule has 29 rings (SSSR count). The second-order valence-corrected chi connectivity index (χ2v) is 35.2. The number of nitrogens with zero attached hydrogens (tertiary/aromatic N) is 4. The molecule has 8 aromatic heterocycles. The van der Waals surface area contributed by atoms with Crippen molar-refractivity contribution >= 4 is 209 Å². The van der Waals surface area contributed by atoms with Gasteiger partial charge in [-0.15, -0.1) is 0 Å². The van der Waals surface area contributed by atoms with Crippen molar-refractivity contribution in [1.29, 1.82) is 0 Å². The van der Waals surface area contributed by atoms with E-state index in [-0.39, 0.29) is 0 Å². The number of hydrogen-bond acceptors (Lipinski definition) is 8. The van der Waals surface area contributed by atoms with Crippen LogP contribution in [0, 0.1) is 0 Å². The molecule has 29 aromatic rings. The predicted octanol–water partition coefficient (Wildman–Crippen LogP) is 36.2. The van der Waals surface area contributed by atoms with Crippen LogP contribution in [0.1, 0.15) is 0 Å². The zero-order valence-electron chi connectivity index (χ0n) is 73.1. The van der Waals surface area contributed by atoms with Crippen LogP contribution in [0.5, 0.6) is 0 Å². The van der Waals surface area contributed by atoms with E-state index >= 15 is 0 Å². The van der Waals surface area contributed by atoms with Gasteiger partial charge in [-0.2, -0.15) is 0 Å². The average Bonchev–Trinajstić information content (AvgIpc) is 1.57. The Kier molecular flexibility index (Phi) is 17.2. The van der Waals surface area contributed by atoms with E-state index in [0.29, 0.717) is 0 Å². The first-order valence-electron chi connectivity index (χ1n) is 46.0. The van der Waals surface area contributed by atoms with E-state index in [4.69, 9.17) is 26.5 Å². The van der Waals surface area contributed by atoms with Crippen molar-refractivity contribution < 1.29 is 26.5 Å². The lowest BCUT2D eigenvalue weighted by molar-refractivity contribution is 0.668. The molecule has 8 heterocycles. The van der Waals surface area contributed by atoms with Crippen LogP contribution in [0.25, 0.3) is 242 Å². The minimum Gasteiger partial charge on any atom is -0.456 e. The summed E-state index contributed by atoms with van der Waals surface area (Å²) in [5.74, 6) is 0. The molecule has 0 atom stereocenters. The Balaban J connectivity index is 0.000000135. The molecular formula is C126H76N4O6. The number of aromatic nitrogens is 2. The summed E-state index contributed by atoms with van der Waals surface area (Å²) in [6, 6.07) is 163. The van der Waals surface area contributed by atoms with E-state index in [1.54, 1.807) is 0 Å². The lowest BCUT2D eigenvalue weighted by Gasteiger charge is -2.26. The molecule has 0 N–H and O–H groups in total. The summed E-state index contributed by atoms with van der Waals surface area (Å²) in [4.78, 5) is 4.63. The number of fused-ring (bicyclic) bond motifs is 24. The number of hydrogen-bond donors (Lipinski definition) is 0. The Bertz CT molecular complexity index is 9640. The molecule has 0 unspecified atom stereocenters. The van der Waals surface area contributed by atoms with E-state index in [1.165, 1.54) is 32.6 Å². The third-order valence-corrected chi connectivity index (χ3v) is 27.6. The van der Waals surface area contributed by atoms with Crippen LogP contribution in [0.3, 0.4) is 0 Å². The van der Waals surface area contributed by atoms with Crippen molar-refractivity contribution in [1.82, 2.24) is 9.13 Å². The van der Waals surface area contributed by atoms with Crippen LogP contribution in [-0.2, 0) is 0 Å². The molecule has 0 aliphatic carbocycles. The zero-order chi connectivity index (χ0) is 89.2. The van der Waals surface area contributed by atoms with Gasteiger partial charge < -0.3 is 45.4 Å². The molecule has 0 saturated heterocycles. The molecule has 0 fully saturated rings. The van der Waals surface area contributed by atoms with Crippen molar-refractivity contribution in [2.45, 2.75) is 0 Å². The topological polar surface area (TPSA) is 95.2 Å². The van der Waals surface area contributed by atoms with E-state index in [0.717, 1.165) is 244 Å². The Morgan fingerprint density at radius 3 is 0.897 bits per heavy atom. The van der Waals surface area contributed by atoms with E-state index in [1.807, 2.05) is 42.5 Å². The highest BCUT2D eigenvalue weighted by Crippen LogP contribution is 2.50. The maximum Gasteiger partial charge on any atom is 0.143 e. The minimum atomic E-state index is 0.809. The van der Waals surface area contributed by atoms with Gasteiger partial charge in [-0.1, -0.05) is 297 Å². The van der Waals surface area contributed by atoms with Gasteiger partial charge in [-0.05, 0) is 185 Å². The summed E-state index contributed by atoms with van der Waals surface area (Å²) < 4.78 is 44.6. The Morgan fingerprint density at radius 2 is 0.434 bits per heavy atom. The van der Waals surface area contributed by atoms with Gasteiger partial charge in [-0.25, -0.2) is 0 Å². The van der Waals surface area contributed by atoms with Gasteiger partial charge in [0.05, 0.1) is 44.2 Å². The smallest absolute Gasteiger partial charge is 0.143 e. The fraction of sp³-hybridized carbons (Fsp3) is 0. The summed E-state index contributed by atoms with van der Waals surface area (Å²) in [7, 11) is 0. The number of anilines is 6. The van der Waals surface area contributed by atoms with Crippen LogP contribution >= 0.6 is 0 Å². The molecule has 10 nitrogen and oxygen atoms in total. The van der Waals surface area contributed by atoms with Crippen molar-refractivity contribution in [2.75, 3.05) is 9.80 Å². The molecule has 0 aliphatic rings. The minimum absolute atomic E-state index is 0.809. The largest absolute Gasteiger partial charge is 0.456 e. The maximum absolute atomic E-state index is 6.92. The second kappa shape index (κ2) is 30.6. The fourth-order valence-corrected chi connectivity index (χ4v) is 21.4. The highest BCUT2D eigenvalue weighted by molar-refractivity contribution is 6.20.